The first-order valence-electron chi connectivity index (χ1n) is 6.72. The van der Waals surface area contributed by atoms with Gasteiger partial charge in [-0.2, -0.15) is 5.10 Å². The first-order chi connectivity index (χ1) is 10.6. The lowest BCUT2D eigenvalue weighted by Gasteiger charge is -2.05. The van der Waals surface area contributed by atoms with E-state index in [0.717, 1.165) is 5.56 Å². The number of hydrogen-bond donors (Lipinski definition) is 2. The zero-order chi connectivity index (χ0) is 15.9. The average molecular weight is 318 g/mol. The van der Waals surface area contributed by atoms with E-state index >= 15 is 0 Å². The van der Waals surface area contributed by atoms with Crippen molar-refractivity contribution in [3.05, 3.63) is 58.6 Å². The van der Waals surface area contributed by atoms with Crippen LogP contribution in [0.3, 0.4) is 0 Å². The van der Waals surface area contributed by atoms with Gasteiger partial charge >= 0.3 is 0 Å². The smallest absolute Gasteiger partial charge is 0.273 e. The van der Waals surface area contributed by atoms with Gasteiger partial charge in [-0.3, -0.25) is 4.79 Å². The van der Waals surface area contributed by atoms with Gasteiger partial charge in [0.2, 0.25) is 0 Å². The normalized spacial score (nSPS) is 10.6. The number of nitrogen functional groups attached to an aromatic ring is 1. The van der Waals surface area contributed by atoms with Crippen molar-refractivity contribution < 1.29 is 9.53 Å². The van der Waals surface area contributed by atoms with E-state index in [1.165, 1.54) is 6.21 Å². The van der Waals surface area contributed by atoms with Gasteiger partial charge in [0.25, 0.3) is 5.91 Å². The van der Waals surface area contributed by atoms with Crippen molar-refractivity contribution >= 4 is 29.4 Å². The Kier molecular flexibility index (Phi) is 5.38. The van der Waals surface area contributed by atoms with Gasteiger partial charge in [-0.15, -0.1) is 0 Å². The monoisotopic (exact) mass is 317 g/mol. The molecule has 0 radical (unpaired) electrons. The summed E-state index contributed by atoms with van der Waals surface area (Å²) in [5.41, 5.74) is 9.68. The van der Waals surface area contributed by atoms with E-state index in [0.29, 0.717) is 28.6 Å². The summed E-state index contributed by atoms with van der Waals surface area (Å²) in [6.45, 7) is 2.43. The third kappa shape index (κ3) is 3.99. The van der Waals surface area contributed by atoms with Crippen molar-refractivity contribution in [2.24, 2.45) is 5.10 Å². The molecule has 0 aliphatic heterocycles. The number of hydrogen-bond acceptors (Lipinski definition) is 4. The molecule has 0 fully saturated rings. The molecule has 0 aliphatic carbocycles. The predicted octanol–water partition coefficient (Wildman–Crippen LogP) is 3.08. The molecule has 0 atom stereocenters. The molecule has 2 aromatic carbocycles. The van der Waals surface area contributed by atoms with Gasteiger partial charge in [0.15, 0.2) is 0 Å². The number of carbonyl (C=O) groups is 1. The van der Waals surface area contributed by atoms with Gasteiger partial charge in [0, 0.05) is 5.69 Å². The van der Waals surface area contributed by atoms with E-state index in [-0.39, 0.29) is 5.91 Å². The quantitative estimate of drug-likeness (QED) is 0.505. The van der Waals surface area contributed by atoms with Crippen molar-refractivity contribution in [2.45, 2.75) is 6.92 Å². The summed E-state index contributed by atoms with van der Waals surface area (Å²) in [5, 5.41) is 4.39. The Morgan fingerprint density at radius 3 is 2.82 bits per heavy atom. The van der Waals surface area contributed by atoms with Gasteiger partial charge in [-0.25, -0.2) is 5.43 Å². The number of ether oxygens (including phenoxy) is 1. The fraction of sp³-hybridized carbons (Fsp3) is 0.125. The van der Waals surface area contributed by atoms with Crippen LogP contribution in [0, 0.1) is 0 Å². The summed E-state index contributed by atoms with van der Waals surface area (Å²) in [6, 6.07) is 12.0. The van der Waals surface area contributed by atoms with Gasteiger partial charge in [0.05, 0.1) is 23.4 Å². The second kappa shape index (κ2) is 7.47. The predicted molar refractivity (Wildman–Crippen MR) is 88.5 cm³/mol. The number of rotatable bonds is 5. The van der Waals surface area contributed by atoms with Crippen LogP contribution in [-0.2, 0) is 0 Å². The Morgan fingerprint density at radius 2 is 2.14 bits per heavy atom. The Balaban J connectivity index is 2.02. The minimum Gasteiger partial charge on any atom is -0.492 e. The number of para-hydroxylation sites is 1. The SMILES string of the molecule is CCOc1ccc(/C=N\NC(=O)c2ccccc2N)cc1Cl. The molecule has 0 heterocycles. The van der Waals surface area contributed by atoms with Crippen molar-refractivity contribution in [1.29, 1.82) is 0 Å². The van der Waals surface area contributed by atoms with E-state index in [4.69, 9.17) is 22.1 Å². The Morgan fingerprint density at radius 1 is 1.36 bits per heavy atom. The van der Waals surface area contributed by atoms with Crippen LogP contribution in [0.2, 0.25) is 5.02 Å². The van der Waals surface area contributed by atoms with E-state index in [2.05, 4.69) is 10.5 Å². The largest absolute Gasteiger partial charge is 0.492 e. The Bertz CT molecular complexity index is 702. The summed E-state index contributed by atoms with van der Waals surface area (Å²) >= 11 is 6.08. The number of hydrazone groups is 1. The lowest BCUT2D eigenvalue weighted by Crippen LogP contribution is -2.18. The maximum absolute atomic E-state index is 11.9. The molecule has 2 aromatic rings. The Labute approximate surface area is 133 Å². The number of halogens is 1. The first kappa shape index (κ1) is 15.9. The molecule has 6 heteroatoms. The topological polar surface area (TPSA) is 76.7 Å². The van der Waals surface area contributed by atoms with E-state index in [1.54, 1.807) is 42.5 Å². The molecular formula is C16H16ClN3O2. The number of amides is 1. The molecule has 3 N–H and O–H groups in total. The van der Waals surface area contributed by atoms with Crippen molar-refractivity contribution in [1.82, 2.24) is 5.43 Å². The van der Waals surface area contributed by atoms with Crippen molar-refractivity contribution in [3.63, 3.8) is 0 Å². The van der Waals surface area contributed by atoms with Crippen LogP contribution in [0.4, 0.5) is 5.69 Å². The van der Waals surface area contributed by atoms with E-state index in [9.17, 15) is 4.79 Å². The maximum Gasteiger partial charge on any atom is 0.273 e. The average Bonchev–Trinajstić information content (AvgIpc) is 2.50. The van der Waals surface area contributed by atoms with Gasteiger partial charge in [-0.1, -0.05) is 23.7 Å². The van der Waals surface area contributed by atoms with Crippen LogP contribution in [-0.4, -0.2) is 18.7 Å². The minimum absolute atomic E-state index is 0.369. The highest BCUT2D eigenvalue weighted by Gasteiger charge is 2.07. The molecule has 0 saturated heterocycles. The Hall–Kier alpha value is -2.53. The van der Waals surface area contributed by atoms with Crippen LogP contribution in [0.25, 0.3) is 0 Å². The molecule has 0 spiro atoms. The van der Waals surface area contributed by atoms with Gasteiger partial charge in [-0.05, 0) is 42.8 Å². The summed E-state index contributed by atoms with van der Waals surface area (Å²) in [7, 11) is 0. The van der Waals surface area contributed by atoms with Crippen LogP contribution in [0.1, 0.15) is 22.8 Å². The van der Waals surface area contributed by atoms with Crippen molar-refractivity contribution in [2.75, 3.05) is 12.3 Å². The highest BCUT2D eigenvalue weighted by atomic mass is 35.5. The molecule has 0 bridgehead atoms. The molecule has 0 saturated carbocycles. The second-order valence-corrected chi connectivity index (χ2v) is 4.82. The number of nitrogens with two attached hydrogens (primary N) is 1. The second-order valence-electron chi connectivity index (χ2n) is 4.41. The fourth-order valence-corrected chi connectivity index (χ4v) is 2.04. The van der Waals surface area contributed by atoms with Crippen LogP contribution in [0.15, 0.2) is 47.6 Å². The molecule has 114 valence electrons. The summed E-state index contributed by atoms with van der Waals surface area (Å²) < 4.78 is 5.35. The summed E-state index contributed by atoms with van der Waals surface area (Å²) in [6.07, 6.45) is 1.50. The molecule has 0 aliphatic rings. The third-order valence-corrected chi connectivity index (χ3v) is 3.14. The van der Waals surface area contributed by atoms with Crippen molar-refractivity contribution in [3.8, 4) is 5.75 Å². The zero-order valence-electron chi connectivity index (χ0n) is 12.0. The van der Waals surface area contributed by atoms with E-state index in [1.807, 2.05) is 6.92 Å². The first-order valence-corrected chi connectivity index (χ1v) is 7.10. The molecule has 2 rings (SSSR count). The molecule has 22 heavy (non-hydrogen) atoms. The highest BCUT2D eigenvalue weighted by Crippen LogP contribution is 2.24. The minimum atomic E-state index is -0.369. The molecule has 5 nitrogen and oxygen atoms in total. The summed E-state index contributed by atoms with van der Waals surface area (Å²) in [4.78, 5) is 11.9. The third-order valence-electron chi connectivity index (χ3n) is 2.84. The van der Waals surface area contributed by atoms with Crippen LogP contribution >= 0.6 is 11.6 Å². The van der Waals surface area contributed by atoms with E-state index < -0.39 is 0 Å². The summed E-state index contributed by atoms with van der Waals surface area (Å²) in [5.74, 6) is 0.244. The number of anilines is 1. The number of carbonyl (C=O) groups excluding carboxylic acids is 1. The number of nitrogens with one attached hydrogen (secondary N) is 1. The molecule has 0 aromatic heterocycles. The molecular weight excluding hydrogens is 302 g/mol. The van der Waals surface area contributed by atoms with Crippen LogP contribution in [0.5, 0.6) is 5.75 Å². The number of nitrogens with zero attached hydrogens (tertiary/aromatic N) is 1. The highest BCUT2D eigenvalue weighted by molar-refractivity contribution is 6.32. The lowest BCUT2D eigenvalue weighted by atomic mass is 10.2. The molecule has 1 amide bonds. The number of benzene rings is 2. The lowest BCUT2D eigenvalue weighted by molar-refractivity contribution is 0.0956. The molecule has 0 unspecified atom stereocenters. The van der Waals surface area contributed by atoms with Gasteiger partial charge < -0.3 is 10.5 Å². The fourth-order valence-electron chi connectivity index (χ4n) is 1.80. The van der Waals surface area contributed by atoms with Gasteiger partial charge in [0.1, 0.15) is 5.75 Å². The zero-order valence-corrected chi connectivity index (χ0v) is 12.8. The maximum atomic E-state index is 11.9. The standard InChI is InChI=1S/C16H16ClN3O2/c1-2-22-15-8-7-11(9-13(15)17)10-19-20-16(21)12-5-3-4-6-14(12)18/h3-10H,2,18H2,1H3,(H,20,21)/b19-10-. The van der Waals surface area contributed by atoms with Crippen LogP contribution < -0.4 is 15.9 Å².